The third-order valence-electron chi connectivity index (χ3n) is 3.86. The summed E-state index contributed by atoms with van der Waals surface area (Å²) in [7, 11) is 1.52. The van der Waals surface area contributed by atoms with Crippen molar-refractivity contribution < 1.29 is 19.4 Å². The molecule has 6 N–H and O–H groups in total. The van der Waals surface area contributed by atoms with Gasteiger partial charge in [-0.2, -0.15) is 0 Å². The van der Waals surface area contributed by atoms with Crippen molar-refractivity contribution >= 4 is 28.9 Å². The molecular formula is C18H23N5O4S. The summed E-state index contributed by atoms with van der Waals surface area (Å²) in [6.45, 7) is 3.57. The van der Waals surface area contributed by atoms with Crippen LogP contribution in [0.15, 0.2) is 41.5 Å². The average Bonchev–Trinajstić information content (AvgIpc) is 3.05. The molecule has 1 aromatic heterocycles. The van der Waals surface area contributed by atoms with Crippen LogP contribution >= 0.6 is 11.3 Å². The molecule has 9 nitrogen and oxygen atoms in total. The van der Waals surface area contributed by atoms with Crippen molar-refractivity contribution in [1.29, 1.82) is 5.41 Å². The lowest BCUT2D eigenvalue weighted by atomic mass is 10.0. The summed E-state index contributed by atoms with van der Waals surface area (Å²) in [4.78, 5) is 29.1. The first-order chi connectivity index (χ1) is 13.2. The topological polar surface area (TPSA) is 150 Å². The second-order valence-electron chi connectivity index (χ2n) is 6.06. The molecule has 28 heavy (non-hydrogen) atoms. The van der Waals surface area contributed by atoms with E-state index in [1.165, 1.54) is 31.4 Å². The van der Waals surface area contributed by atoms with Gasteiger partial charge in [0.1, 0.15) is 24.1 Å². The maximum Gasteiger partial charge on any atom is 0.268 e. The number of hydrogen-bond acceptors (Lipinski definition) is 8. The molecule has 0 saturated heterocycles. The van der Waals surface area contributed by atoms with E-state index in [2.05, 4.69) is 15.6 Å². The Morgan fingerprint density at radius 3 is 2.68 bits per heavy atom. The number of rotatable bonds is 8. The number of nitrogens with two attached hydrogens (primary N) is 1. The molecule has 0 fully saturated rings. The Kier molecular flexibility index (Phi) is 7.07. The zero-order valence-corrected chi connectivity index (χ0v) is 16.6. The number of primary amides is 1. The fourth-order valence-electron chi connectivity index (χ4n) is 2.46. The van der Waals surface area contributed by atoms with Crippen LogP contribution < -0.4 is 16.4 Å². The Morgan fingerprint density at radius 1 is 1.43 bits per heavy atom. The zero-order valence-electron chi connectivity index (χ0n) is 15.8. The second-order valence-corrected chi connectivity index (χ2v) is 7.38. The van der Waals surface area contributed by atoms with Crippen molar-refractivity contribution in [2.24, 2.45) is 5.73 Å². The van der Waals surface area contributed by atoms with Crippen molar-refractivity contribution in [2.75, 3.05) is 7.05 Å². The van der Waals surface area contributed by atoms with E-state index in [0.29, 0.717) is 12.4 Å². The molecule has 1 heterocycles. The van der Waals surface area contributed by atoms with Gasteiger partial charge in [0.15, 0.2) is 0 Å². The van der Waals surface area contributed by atoms with Crippen molar-refractivity contribution in [3.8, 4) is 0 Å². The number of amides is 2. The molecule has 1 aliphatic rings. The van der Waals surface area contributed by atoms with E-state index in [4.69, 9.17) is 15.9 Å². The first-order valence-corrected chi connectivity index (χ1v) is 9.27. The molecule has 2 amide bonds. The van der Waals surface area contributed by atoms with Gasteiger partial charge in [-0.25, -0.2) is 4.98 Å². The minimum Gasteiger partial charge on any atom is -0.488 e. The monoisotopic (exact) mass is 405 g/mol. The molecule has 2 rings (SSSR count). The Hall–Kier alpha value is -2.98. The third-order valence-corrected chi connectivity index (χ3v) is 4.75. The first kappa shape index (κ1) is 21.3. The first-order valence-electron chi connectivity index (χ1n) is 8.46. The molecule has 0 aromatic carbocycles. The van der Waals surface area contributed by atoms with Gasteiger partial charge in [0.25, 0.3) is 5.91 Å². The predicted octanol–water partition coefficient (Wildman–Crippen LogP) is 0.266. The van der Waals surface area contributed by atoms with E-state index in [9.17, 15) is 14.7 Å². The number of aliphatic hydroxyl groups excluding tert-OH is 1. The van der Waals surface area contributed by atoms with Gasteiger partial charge in [-0.3, -0.25) is 9.59 Å². The van der Waals surface area contributed by atoms with Crippen LogP contribution in [-0.2, 0) is 20.9 Å². The van der Waals surface area contributed by atoms with E-state index in [-0.39, 0.29) is 17.0 Å². The summed E-state index contributed by atoms with van der Waals surface area (Å²) in [5, 5.41) is 23.8. The molecule has 0 saturated carbocycles. The molecule has 150 valence electrons. The minimum atomic E-state index is -1.25. The highest BCUT2D eigenvalue weighted by Crippen LogP contribution is 2.20. The number of likely N-dealkylation sites (N-methyl/N-ethyl adjacent to an activating group) is 1. The summed E-state index contributed by atoms with van der Waals surface area (Å²) in [6, 6.07) is -1.25. The largest absolute Gasteiger partial charge is 0.488 e. The van der Waals surface area contributed by atoms with Crippen LogP contribution in [0, 0.1) is 12.3 Å². The number of carbonyl (C=O) groups excluding carboxylic acids is 2. The molecule has 0 radical (unpaired) electrons. The second kappa shape index (κ2) is 9.29. The maximum absolute atomic E-state index is 12.6. The molecule has 0 bridgehead atoms. The van der Waals surface area contributed by atoms with Crippen LogP contribution in [0.4, 0.5) is 0 Å². The van der Waals surface area contributed by atoms with Gasteiger partial charge < -0.3 is 31.6 Å². The summed E-state index contributed by atoms with van der Waals surface area (Å²) in [6.07, 6.45) is 5.27. The Labute approximate surface area is 166 Å². The van der Waals surface area contributed by atoms with Crippen LogP contribution in [0.2, 0.25) is 0 Å². The van der Waals surface area contributed by atoms with Crippen molar-refractivity contribution in [1.82, 2.24) is 15.6 Å². The number of hydrogen-bond donors (Lipinski definition) is 5. The van der Waals surface area contributed by atoms with Crippen LogP contribution in [-0.4, -0.2) is 46.8 Å². The third kappa shape index (κ3) is 5.27. The molecule has 0 unspecified atom stereocenters. The van der Waals surface area contributed by atoms with Crippen LogP contribution in [0.5, 0.6) is 0 Å². The van der Waals surface area contributed by atoms with Crippen LogP contribution in [0.3, 0.4) is 0 Å². The number of carbonyl (C=O) groups is 2. The highest BCUT2D eigenvalue weighted by Gasteiger charge is 2.26. The van der Waals surface area contributed by atoms with Crippen molar-refractivity contribution in [2.45, 2.75) is 32.6 Å². The van der Waals surface area contributed by atoms with E-state index in [1.54, 1.807) is 18.3 Å². The Bertz CT molecular complexity index is 869. The Balaban J connectivity index is 2.23. The van der Waals surface area contributed by atoms with Crippen molar-refractivity contribution in [3.63, 3.8) is 0 Å². The lowest BCUT2D eigenvalue weighted by Crippen LogP contribution is -2.52. The number of thiazole rings is 1. The molecule has 1 aliphatic carbocycles. The van der Waals surface area contributed by atoms with Gasteiger partial charge in [0.05, 0.1) is 21.7 Å². The van der Waals surface area contributed by atoms with Crippen molar-refractivity contribution in [3.05, 3.63) is 51.3 Å². The van der Waals surface area contributed by atoms with Gasteiger partial charge in [-0.05, 0) is 32.1 Å². The summed E-state index contributed by atoms with van der Waals surface area (Å²) in [5.74, 6) is -1.06. The highest BCUT2D eigenvalue weighted by molar-refractivity contribution is 7.11. The van der Waals surface area contributed by atoms with E-state index >= 15 is 0 Å². The van der Waals surface area contributed by atoms with Gasteiger partial charge in [0.2, 0.25) is 5.91 Å². The fraction of sp³-hybridized carbons (Fsp3) is 0.333. The van der Waals surface area contributed by atoms with Crippen LogP contribution in [0.1, 0.15) is 16.8 Å². The quantitative estimate of drug-likeness (QED) is 0.392. The average molecular weight is 405 g/mol. The van der Waals surface area contributed by atoms with Crippen LogP contribution in [0.25, 0.3) is 0 Å². The molecule has 2 atom stereocenters. The number of aryl methyl sites for hydroxylation is 1. The smallest absolute Gasteiger partial charge is 0.268 e. The lowest BCUT2D eigenvalue weighted by Gasteiger charge is -2.21. The zero-order chi connectivity index (χ0) is 20.8. The lowest BCUT2D eigenvalue weighted by molar-refractivity contribution is -0.128. The van der Waals surface area contributed by atoms with Gasteiger partial charge in [-0.15, -0.1) is 11.3 Å². The molecule has 10 heteroatoms. The number of ether oxygens (including phenoxy) is 1. The van der Waals surface area contributed by atoms with Gasteiger partial charge in [-0.1, -0.05) is 0 Å². The summed E-state index contributed by atoms with van der Waals surface area (Å²) in [5.41, 5.74) is 5.64. The number of nitrogens with one attached hydrogen (secondary N) is 3. The number of aromatic nitrogens is 1. The summed E-state index contributed by atoms with van der Waals surface area (Å²) < 4.78 is 5.73. The standard InChI is InChI=1S/C18H23N5O4S/c1-9(24)15(17(20)25)23-18(26)16(21-3)13-6-11(4-5-14(13)19)27-8-12-7-22-10(2)28-12/h4-7,9,15,19,21,24H,8H2,1-3H3,(H2,20,25)(H,23,26)/b16-13-,19-14?/t9-,15+/m1/s1. The molecule has 0 aliphatic heterocycles. The molecule has 1 aromatic rings. The van der Waals surface area contributed by atoms with Gasteiger partial charge >= 0.3 is 0 Å². The van der Waals surface area contributed by atoms with E-state index in [1.807, 2.05) is 6.92 Å². The minimum absolute atomic E-state index is 0.0518. The normalized spacial score (nSPS) is 17.4. The SMILES string of the molecule is CN/C(C(=O)N[C@H](C(N)=O)[C@@H](C)O)=C1/C=C(OCc2cnc(C)s2)C=CC1=N. The predicted molar refractivity (Wildman–Crippen MR) is 105 cm³/mol. The Morgan fingerprint density at radius 2 is 2.14 bits per heavy atom. The number of aliphatic hydroxyl groups is 1. The number of allylic oxidation sites excluding steroid dienone is 4. The van der Waals surface area contributed by atoms with E-state index < -0.39 is 24.0 Å². The van der Waals surface area contributed by atoms with E-state index in [0.717, 1.165) is 9.88 Å². The highest BCUT2D eigenvalue weighted by atomic mass is 32.1. The van der Waals surface area contributed by atoms with Gasteiger partial charge in [0, 0.05) is 18.8 Å². The summed E-state index contributed by atoms with van der Waals surface area (Å²) >= 11 is 1.52. The fourth-order valence-corrected chi connectivity index (χ4v) is 3.17. The number of nitrogens with zero attached hydrogens (tertiary/aromatic N) is 1. The molecule has 0 spiro atoms. The maximum atomic E-state index is 12.6. The molecular weight excluding hydrogens is 382 g/mol.